The molecule has 0 unspecified atom stereocenters. The summed E-state index contributed by atoms with van der Waals surface area (Å²) in [5.74, 6) is 1.03. The predicted octanol–water partition coefficient (Wildman–Crippen LogP) is 2.57. The van der Waals surface area contributed by atoms with Gasteiger partial charge in [-0.1, -0.05) is 0 Å². The fourth-order valence-corrected chi connectivity index (χ4v) is 2.35. The fourth-order valence-electron chi connectivity index (χ4n) is 1.36. The van der Waals surface area contributed by atoms with Crippen molar-refractivity contribution in [1.82, 2.24) is 15.0 Å². The summed E-state index contributed by atoms with van der Waals surface area (Å²) in [4.78, 5) is 16.6. The molecular weight excluding hydrogens is 270 g/mol. The highest BCUT2D eigenvalue weighted by Gasteiger charge is 2.06. The molecule has 1 N–H and O–H groups in total. The molecule has 0 aliphatic carbocycles. The highest BCUT2D eigenvalue weighted by Crippen LogP contribution is 2.17. The second kappa shape index (κ2) is 5.49. The largest absolute Gasteiger partial charge is 0.349 e. The SMILES string of the molecule is Cc1ccc(CNc2nc(Cl)nc(N(C)C)n2)s1. The Kier molecular flexibility index (Phi) is 3.98. The van der Waals surface area contributed by atoms with Crippen LogP contribution in [0.15, 0.2) is 12.1 Å². The van der Waals surface area contributed by atoms with E-state index in [1.807, 2.05) is 14.1 Å². The zero-order chi connectivity index (χ0) is 13.1. The summed E-state index contributed by atoms with van der Waals surface area (Å²) in [5, 5.41) is 3.34. The Labute approximate surface area is 115 Å². The molecule has 0 fully saturated rings. The molecule has 2 aromatic rings. The molecule has 18 heavy (non-hydrogen) atoms. The first-order valence-corrected chi connectivity index (χ1v) is 6.62. The number of anilines is 2. The van der Waals surface area contributed by atoms with E-state index < -0.39 is 0 Å². The second-order valence-electron chi connectivity index (χ2n) is 3.99. The van der Waals surface area contributed by atoms with Crippen LogP contribution in [0.4, 0.5) is 11.9 Å². The molecular formula is C11H14ClN5S. The van der Waals surface area contributed by atoms with Gasteiger partial charge in [0.25, 0.3) is 0 Å². The molecule has 0 radical (unpaired) electrons. The molecule has 0 spiro atoms. The van der Waals surface area contributed by atoms with Crippen molar-refractivity contribution < 1.29 is 0 Å². The number of hydrogen-bond donors (Lipinski definition) is 1. The van der Waals surface area contributed by atoms with E-state index in [9.17, 15) is 0 Å². The van der Waals surface area contributed by atoms with Gasteiger partial charge in [0.2, 0.25) is 17.2 Å². The topological polar surface area (TPSA) is 53.9 Å². The number of thiophene rings is 1. The van der Waals surface area contributed by atoms with Gasteiger partial charge in [0, 0.05) is 23.8 Å². The van der Waals surface area contributed by atoms with Crippen molar-refractivity contribution >= 4 is 34.8 Å². The summed E-state index contributed by atoms with van der Waals surface area (Å²) in [6, 6.07) is 4.18. The monoisotopic (exact) mass is 283 g/mol. The molecule has 0 saturated carbocycles. The summed E-state index contributed by atoms with van der Waals surface area (Å²) >= 11 is 7.60. The van der Waals surface area contributed by atoms with Crippen LogP contribution in [-0.2, 0) is 6.54 Å². The van der Waals surface area contributed by atoms with Gasteiger partial charge in [-0.25, -0.2) is 0 Å². The molecule has 96 valence electrons. The van der Waals surface area contributed by atoms with Gasteiger partial charge < -0.3 is 10.2 Å². The molecule has 2 heterocycles. The third kappa shape index (κ3) is 3.30. The van der Waals surface area contributed by atoms with Crippen molar-refractivity contribution in [3.05, 3.63) is 27.2 Å². The van der Waals surface area contributed by atoms with E-state index in [-0.39, 0.29) is 5.28 Å². The van der Waals surface area contributed by atoms with Gasteiger partial charge in [-0.05, 0) is 30.7 Å². The molecule has 2 aromatic heterocycles. The van der Waals surface area contributed by atoms with Gasteiger partial charge >= 0.3 is 0 Å². The van der Waals surface area contributed by atoms with Crippen molar-refractivity contribution in [3.8, 4) is 0 Å². The van der Waals surface area contributed by atoms with Crippen LogP contribution in [0.25, 0.3) is 0 Å². The quantitative estimate of drug-likeness (QED) is 0.935. The Balaban J connectivity index is 2.09. The van der Waals surface area contributed by atoms with E-state index in [4.69, 9.17) is 11.6 Å². The van der Waals surface area contributed by atoms with Crippen LogP contribution < -0.4 is 10.2 Å². The van der Waals surface area contributed by atoms with Crippen molar-refractivity contribution in [1.29, 1.82) is 0 Å². The van der Waals surface area contributed by atoms with E-state index >= 15 is 0 Å². The van der Waals surface area contributed by atoms with Crippen LogP contribution in [0.5, 0.6) is 0 Å². The number of nitrogens with one attached hydrogen (secondary N) is 1. The Hall–Kier alpha value is -1.40. The van der Waals surface area contributed by atoms with Gasteiger partial charge in [0.15, 0.2) is 0 Å². The van der Waals surface area contributed by atoms with Crippen LogP contribution in [0, 0.1) is 6.92 Å². The van der Waals surface area contributed by atoms with Gasteiger partial charge in [0.1, 0.15) is 0 Å². The van der Waals surface area contributed by atoms with Crippen LogP contribution in [-0.4, -0.2) is 29.0 Å². The zero-order valence-corrected chi connectivity index (χ0v) is 12.0. The van der Waals surface area contributed by atoms with E-state index in [0.717, 1.165) is 0 Å². The average molecular weight is 284 g/mol. The Morgan fingerprint density at radius 3 is 2.67 bits per heavy atom. The average Bonchev–Trinajstić information content (AvgIpc) is 2.72. The third-order valence-electron chi connectivity index (χ3n) is 2.21. The Bertz CT molecular complexity index is 540. The molecule has 0 atom stereocenters. The second-order valence-corrected chi connectivity index (χ2v) is 5.70. The molecule has 0 saturated heterocycles. The van der Waals surface area contributed by atoms with E-state index in [1.54, 1.807) is 16.2 Å². The van der Waals surface area contributed by atoms with E-state index in [1.165, 1.54) is 9.75 Å². The molecule has 0 aromatic carbocycles. The molecule has 2 rings (SSSR count). The van der Waals surface area contributed by atoms with Crippen molar-refractivity contribution in [2.24, 2.45) is 0 Å². The lowest BCUT2D eigenvalue weighted by Gasteiger charge is -2.11. The minimum Gasteiger partial charge on any atom is -0.349 e. The maximum absolute atomic E-state index is 5.85. The highest BCUT2D eigenvalue weighted by molar-refractivity contribution is 7.11. The molecule has 0 aliphatic rings. The molecule has 5 nitrogen and oxygen atoms in total. The van der Waals surface area contributed by atoms with Crippen molar-refractivity contribution in [2.45, 2.75) is 13.5 Å². The Morgan fingerprint density at radius 2 is 2.06 bits per heavy atom. The predicted molar refractivity (Wildman–Crippen MR) is 75.5 cm³/mol. The number of nitrogens with zero attached hydrogens (tertiary/aromatic N) is 4. The first kappa shape index (κ1) is 13.0. The molecule has 7 heteroatoms. The highest BCUT2D eigenvalue weighted by atomic mass is 35.5. The third-order valence-corrected chi connectivity index (χ3v) is 3.38. The molecule has 0 amide bonds. The molecule has 0 aliphatic heterocycles. The maximum Gasteiger partial charge on any atom is 0.230 e. The zero-order valence-electron chi connectivity index (χ0n) is 10.4. The summed E-state index contributed by atoms with van der Waals surface area (Å²) in [6.07, 6.45) is 0. The standard InChI is InChI=1S/C11H14ClN5S/c1-7-4-5-8(18-7)6-13-10-14-9(12)15-11(16-10)17(2)3/h4-5H,6H2,1-3H3,(H,13,14,15,16). The van der Waals surface area contributed by atoms with Crippen LogP contribution in [0.1, 0.15) is 9.75 Å². The lowest BCUT2D eigenvalue weighted by atomic mass is 10.4. The van der Waals surface area contributed by atoms with Crippen LogP contribution in [0.2, 0.25) is 5.28 Å². The minimum absolute atomic E-state index is 0.193. The Morgan fingerprint density at radius 1 is 1.28 bits per heavy atom. The maximum atomic E-state index is 5.85. The fraction of sp³-hybridized carbons (Fsp3) is 0.364. The lowest BCUT2D eigenvalue weighted by Crippen LogP contribution is -2.15. The summed E-state index contributed by atoms with van der Waals surface area (Å²) in [5.41, 5.74) is 0. The van der Waals surface area contributed by atoms with Gasteiger partial charge in [-0.15, -0.1) is 11.3 Å². The van der Waals surface area contributed by atoms with Gasteiger partial charge in [0.05, 0.1) is 6.54 Å². The summed E-state index contributed by atoms with van der Waals surface area (Å²) in [7, 11) is 3.72. The number of halogens is 1. The van der Waals surface area contributed by atoms with Crippen LogP contribution >= 0.6 is 22.9 Å². The van der Waals surface area contributed by atoms with Gasteiger partial charge in [-0.2, -0.15) is 15.0 Å². The summed E-state index contributed by atoms with van der Waals surface area (Å²) in [6.45, 7) is 2.77. The normalized spacial score (nSPS) is 10.4. The smallest absolute Gasteiger partial charge is 0.230 e. The number of aromatic nitrogens is 3. The van der Waals surface area contributed by atoms with Crippen molar-refractivity contribution in [2.75, 3.05) is 24.3 Å². The minimum atomic E-state index is 0.193. The number of aryl methyl sites for hydroxylation is 1. The van der Waals surface area contributed by atoms with E-state index in [2.05, 4.69) is 39.3 Å². The van der Waals surface area contributed by atoms with E-state index in [0.29, 0.717) is 18.4 Å². The van der Waals surface area contributed by atoms with Crippen LogP contribution in [0.3, 0.4) is 0 Å². The molecule has 0 bridgehead atoms. The first-order valence-electron chi connectivity index (χ1n) is 5.42. The number of hydrogen-bond acceptors (Lipinski definition) is 6. The lowest BCUT2D eigenvalue weighted by molar-refractivity contribution is 0.945. The first-order chi connectivity index (χ1) is 8.54. The van der Waals surface area contributed by atoms with Crippen molar-refractivity contribution in [3.63, 3.8) is 0 Å². The summed E-state index contributed by atoms with van der Waals surface area (Å²) < 4.78 is 0. The number of rotatable bonds is 4. The van der Waals surface area contributed by atoms with Gasteiger partial charge in [-0.3, -0.25) is 0 Å².